The van der Waals surface area contributed by atoms with Crippen LogP contribution in [0.25, 0.3) is 6.08 Å². The van der Waals surface area contributed by atoms with Crippen LogP contribution in [0, 0.1) is 6.92 Å². The molecular formula is C39H34ClN3O3S. The van der Waals surface area contributed by atoms with E-state index < -0.39 is 17.1 Å². The maximum Gasteiger partial charge on any atom is 0.272 e. The zero-order chi connectivity index (χ0) is 33.2. The summed E-state index contributed by atoms with van der Waals surface area (Å²) >= 11 is 7.45. The van der Waals surface area contributed by atoms with Crippen molar-refractivity contribution in [1.82, 2.24) is 5.32 Å². The SMILES string of the molecule is CCc1cccc(C)c1NC(=O)C(Sc1cccc(NC(=O)/C(=C\c2ccc(Cl)cc2)NC(=O)c2ccccc2)c1)c1ccccc1. The molecule has 0 radical (unpaired) electrons. The Morgan fingerprint density at radius 1 is 0.787 bits per heavy atom. The molecule has 47 heavy (non-hydrogen) atoms. The molecule has 1 atom stereocenters. The molecule has 0 aromatic heterocycles. The maximum atomic E-state index is 13.8. The summed E-state index contributed by atoms with van der Waals surface area (Å²) in [6.45, 7) is 4.06. The summed E-state index contributed by atoms with van der Waals surface area (Å²) in [7, 11) is 0. The number of benzene rings is 5. The van der Waals surface area contributed by atoms with Crippen LogP contribution in [0.3, 0.4) is 0 Å². The van der Waals surface area contributed by atoms with Crippen LogP contribution in [-0.4, -0.2) is 17.7 Å². The summed E-state index contributed by atoms with van der Waals surface area (Å²) in [5.41, 5.74) is 5.44. The van der Waals surface area contributed by atoms with Crippen molar-refractivity contribution in [2.45, 2.75) is 30.4 Å². The van der Waals surface area contributed by atoms with Crippen LogP contribution in [0.15, 0.2) is 138 Å². The van der Waals surface area contributed by atoms with Crippen LogP contribution in [0.1, 0.15) is 44.8 Å². The molecule has 0 spiro atoms. The molecule has 0 saturated carbocycles. The van der Waals surface area contributed by atoms with Crippen molar-refractivity contribution in [1.29, 1.82) is 0 Å². The molecule has 0 aliphatic heterocycles. The number of carbonyl (C=O) groups is 3. The van der Waals surface area contributed by atoms with E-state index in [2.05, 4.69) is 22.9 Å². The highest BCUT2D eigenvalue weighted by Gasteiger charge is 2.24. The van der Waals surface area contributed by atoms with Gasteiger partial charge in [0.1, 0.15) is 10.9 Å². The first-order valence-electron chi connectivity index (χ1n) is 15.2. The first-order chi connectivity index (χ1) is 22.8. The molecule has 0 fully saturated rings. The van der Waals surface area contributed by atoms with Crippen LogP contribution in [0.2, 0.25) is 5.02 Å². The summed E-state index contributed by atoms with van der Waals surface area (Å²) < 4.78 is 0. The second kappa shape index (κ2) is 15.9. The van der Waals surface area contributed by atoms with Gasteiger partial charge in [-0.3, -0.25) is 14.4 Å². The predicted molar refractivity (Wildman–Crippen MR) is 193 cm³/mol. The molecule has 0 aliphatic rings. The van der Waals surface area contributed by atoms with Gasteiger partial charge in [0.2, 0.25) is 5.91 Å². The quantitative estimate of drug-likeness (QED) is 0.0975. The third-order valence-electron chi connectivity index (χ3n) is 7.38. The van der Waals surface area contributed by atoms with E-state index in [0.29, 0.717) is 21.8 Å². The fourth-order valence-corrected chi connectivity index (χ4v) is 6.15. The van der Waals surface area contributed by atoms with E-state index in [0.717, 1.165) is 33.7 Å². The standard InChI is InChI=1S/C39H34ClN3O3S/c1-3-28-17-10-12-26(2)35(28)43-39(46)36(29-13-6-4-7-14-29)47-33-19-11-18-32(25-33)41-38(45)34(24-27-20-22-31(40)23-21-27)42-37(44)30-15-8-5-9-16-30/h4-25,36H,3H2,1-2H3,(H,41,45)(H,42,44)(H,43,46)/b34-24+. The van der Waals surface area contributed by atoms with Gasteiger partial charge in [-0.25, -0.2) is 0 Å². The van der Waals surface area contributed by atoms with E-state index in [-0.39, 0.29) is 11.6 Å². The van der Waals surface area contributed by atoms with Crippen molar-refractivity contribution in [3.63, 3.8) is 0 Å². The minimum atomic E-state index is -0.558. The van der Waals surface area contributed by atoms with Gasteiger partial charge in [-0.15, -0.1) is 11.8 Å². The fraction of sp³-hybridized carbons (Fsp3) is 0.103. The third kappa shape index (κ3) is 9.00. The molecule has 1 unspecified atom stereocenters. The van der Waals surface area contributed by atoms with Crippen molar-refractivity contribution in [2.75, 3.05) is 10.6 Å². The molecular weight excluding hydrogens is 626 g/mol. The zero-order valence-electron chi connectivity index (χ0n) is 26.0. The van der Waals surface area contributed by atoms with E-state index in [9.17, 15) is 14.4 Å². The summed E-state index contributed by atoms with van der Waals surface area (Å²) in [4.78, 5) is 41.3. The minimum absolute atomic E-state index is 0.0609. The monoisotopic (exact) mass is 659 g/mol. The number of amides is 3. The van der Waals surface area contributed by atoms with Gasteiger partial charge in [-0.2, -0.15) is 0 Å². The van der Waals surface area contributed by atoms with Gasteiger partial charge in [0.15, 0.2) is 0 Å². The van der Waals surface area contributed by atoms with Gasteiger partial charge in [-0.05, 0) is 84.1 Å². The van der Waals surface area contributed by atoms with Gasteiger partial charge in [0.05, 0.1) is 0 Å². The van der Waals surface area contributed by atoms with Crippen LogP contribution in [0.4, 0.5) is 11.4 Å². The van der Waals surface area contributed by atoms with Crippen molar-refractivity contribution in [3.05, 3.63) is 166 Å². The molecule has 3 N–H and O–H groups in total. The van der Waals surface area contributed by atoms with Crippen LogP contribution in [0.5, 0.6) is 0 Å². The van der Waals surface area contributed by atoms with E-state index in [1.807, 2.05) is 79.7 Å². The number of anilines is 2. The minimum Gasteiger partial charge on any atom is -0.324 e. The first-order valence-corrected chi connectivity index (χ1v) is 16.4. The van der Waals surface area contributed by atoms with Gasteiger partial charge < -0.3 is 16.0 Å². The summed E-state index contributed by atoms with van der Waals surface area (Å²) in [5, 5.41) is 8.85. The maximum absolute atomic E-state index is 13.8. The third-order valence-corrected chi connectivity index (χ3v) is 8.88. The van der Waals surface area contributed by atoms with Gasteiger partial charge >= 0.3 is 0 Å². The Morgan fingerprint density at radius 2 is 1.47 bits per heavy atom. The lowest BCUT2D eigenvalue weighted by Crippen LogP contribution is -2.30. The van der Waals surface area contributed by atoms with Crippen molar-refractivity contribution >= 4 is 58.5 Å². The topological polar surface area (TPSA) is 87.3 Å². The predicted octanol–water partition coefficient (Wildman–Crippen LogP) is 9.09. The van der Waals surface area contributed by atoms with Gasteiger partial charge in [-0.1, -0.05) is 103 Å². The number of rotatable bonds is 11. The number of carbonyl (C=O) groups excluding carboxylic acids is 3. The number of hydrogen-bond acceptors (Lipinski definition) is 4. The van der Waals surface area contributed by atoms with E-state index >= 15 is 0 Å². The largest absolute Gasteiger partial charge is 0.324 e. The molecule has 0 saturated heterocycles. The second-order valence-electron chi connectivity index (χ2n) is 10.8. The molecule has 3 amide bonds. The van der Waals surface area contributed by atoms with Gasteiger partial charge in [0, 0.05) is 26.9 Å². The van der Waals surface area contributed by atoms with Crippen molar-refractivity contribution < 1.29 is 14.4 Å². The zero-order valence-corrected chi connectivity index (χ0v) is 27.6. The number of para-hydroxylation sites is 1. The van der Waals surface area contributed by atoms with E-state index in [1.54, 1.807) is 60.7 Å². The number of aryl methyl sites for hydroxylation is 2. The van der Waals surface area contributed by atoms with Crippen LogP contribution in [-0.2, 0) is 16.0 Å². The average molecular weight is 660 g/mol. The van der Waals surface area contributed by atoms with Crippen molar-refractivity contribution in [2.24, 2.45) is 0 Å². The summed E-state index contributed by atoms with van der Waals surface area (Å²) in [6.07, 6.45) is 2.39. The van der Waals surface area contributed by atoms with E-state index in [1.165, 1.54) is 11.8 Å². The lowest BCUT2D eigenvalue weighted by Gasteiger charge is -2.20. The van der Waals surface area contributed by atoms with Crippen LogP contribution >= 0.6 is 23.4 Å². The Kier molecular flexibility index (Phi) is 11.3. The second-order valence-corrected chi connectivity index (χ2v) is 12.4. The lowest BCUT2D eigenvalue weighted by molar-refractivity contribution is -0.116. The highest BCUT2D eigenvalue weighted by atomic mass is 35.5. The number of hydrogen-bond donors (Lipinski definition) is 3. The molecule has 5 aromatic carbocycles. The summed E-state index contributed by atoms with van der Waals surface area (Å²) in [6, 6.07) is 38.6. The van der Waals surface area contributed by atoms with E-state index in [4.69, 9.17) is 11.6 Å². The Labute approximate surface area is 284 Å². The Bertz CT molecular complexity index is 1890. The Morgan fingerprint density at radius 3 is 2.17 bits per heavy atom. The molecule has 6 nitrogen and oxygen atoms in total. The number of nitrogens with one attached hydrogen (secondary N) is 3. The summed E-state index contributed by atoms with van der Waals surface area (Å²) in [5.74, 6) is -1.06. The molecule has 5 rings (SSSR count). The van der Waals surface area contributed by atoms with Crippen LogP contribution < -0.4 is 16.0 Å². The van der Waals surface area contributed by atoms with Crippen molar-refractivity contribution in [3.8, 4) is 0 Å². The highest BCUT2D eigenvalue weighted by Crippen LogP contribution is 2.38. The normalized spacial score (nSPS) is 11.8. The first kappa shape index (κ1) is 33.3. The fourth-order valence-electron chi connectivity index (χ4n) is 4.94. The average Bonchev–Trinajstić information content (AvgIpc) is 3.09. The molecule has 236 valence electrons. The molecule has 8 heteroatoms. The molecule has 5 aromatic rings. The highest BCUT2D eigenvalue weighted by molar-refractivity contribution is 8.00. The smallest absolute Gasteiger partial charge is 0.272 e. The Balaban J connectivity index is 1.39. The number of halogens is 1. The lowest BCUT2D eigenvalue weighted by atomic mass is 10.1. The molecule has 0 aliphatic carbocycles. The van der Waals surface area contributed by atoms with Gasteiger partial charge in [0.25, 0.3) is 11.8 Å². The molecule has 0 bridgehead atoms. The number of thioether (sulfide) groups is 1. The Hall–Kier alpha value is -5.11. The molecule has 0 heterocycles.